The standard InChI is InChI=1S/C37H42FN11O6.C17H15ClN4S/c1-23(50)39-12-3-4-13-40-32(51)8-9-34(53)49-14-10-24(11-15-49)37-36-27(28-17-31-25(16-29(28)38)18-42-48(31)49)6-5-7-30(36)47(44-37)21-33(52)41-19-26-20-46(45-43-26)22-35(54)55-2;1-9-10(2)23-17-15(9)16(12-4-6-13(18)7-5-12)19-8-14-21-20-11(3)22(14)17/h5-7,16-18,20,24H,3-4,8-15,19,21-22H2,1-2H3,(H2-,39,40,41,50,51,52);4-7H,8H2,1-3H3/p+1. The minimum Gasteiger partial charge on any atom is -0.468 e. The van der Waals surface area contributed by atoms with E-state index in [9.17, 15) is 24.0 Å². The molecule has 8 aromatic rings. The normalized spacial score (nSPS) is 16.1. The Hall–Kier alpha value is -8.02. The van der Waals surface area contributed by atoms with Crippen LogP contribution in [0.4, 0.5) is 4.39 Å². The maximum absolute atomic E-state index is 16.0. The maximum Gasteiger partial charge on any atom is 0.340 e. The van der Waals surface area contributed by atoms with Gasteiger partial charge in [-0.3, -0.25) is 33.4 Å². The van der Waals surface area contributed by atoms with Crippen molar-refractivity contribution < 1.29 is 33.1 Å². The van der Waals surface area contributed by atoms with E-state index in [0.29, 0.717) is 85.2 Å². The molecular formula is C54H58ClFN15O6S+. The molecule has 21 nitrogen and oxygen atoms in total. The van der Waals surface area contributed by atoms with Crippen LogP contribution in [0.25, 0.3) is 37.9 Å². The van der Waals surface area contributed by atoms with Crippen molar-refractivity contribution in [1.29, 1.82) is 0 Å². The Morgan fingerprint density at radius 3 is 2.41 bits per heavy atom. The number of esters is 1. The van der Waals surface area contributed by atoms with E-state index in [4.69, 9.17) is 21.7 Å². The van der Waals surface area contributed by atoms with Crippen molar-refractivity contribution in [3.8, 4) is 16.1 Å². The monoisotopic (exact) mass is 1100 g/mol. The fraction of sp³-hybridized carbons (Fsp3) is 0.370. The predicted octanol–water partition coefficient (Wildman–Crippen LogP) is 6.20. The third-order valence-electron chi connectivity index (χ3n) is 14.6. The van der Waals surface area contributed by atoms with E-state index >= 15 is 4.39 Å². The van der Waals surface area contributed by atoms with Crippen molar-refractivity contribution in [2.75, 3.05) is 33.3 Å². The Morgan fingerprint density at radius 2 is 1.65 bits per heavy atom. The van der Waals surface area contributed by atoms with Gasteiger partial charge in [-0.15, -0.1) is 36.3 Å². The van der Waals surface area contributed by atoms with Crippen molar-refractivity contribution in [2.45, 2.75) is 98.3 Å². The first-order valence-electron chi connectivity index (χ1n) is 25.8. The summed E-state index contributed by atoms with van der Waals surface area (Å²) < 4.78 is 25.6. The zero-order valence-corrected chi connectivity index (χ0v) is 45.4. The highest BCUT2D eigenvalue weighted by molar-refractivity contribution is 7.15. The van der Waals surface area contributed by atoms with E-state index in [2.05, 4.69) is 64.7 Å². The summed E-state index contributed by atoms with van der Waals surface area (Å²) in [5.41, 5.74) is 7.93. The first kappa shape index (κ1) is 53.4. The molecule has 0 radical (unpaired) electrons. The Labute approximate surface area is 456 Å². The van der Waals surface area contributed by atoms with E-state index in [1.807, 2.05) is 49.4 Å². The van der Waals surface area contributed by atoms with Gasteiger partial charge in [-0.25, -0.2) is 13.9 Å². The smallest absolute Gasteiger partial charge is 0.340 e. The van der Waals surface area contributed by atoms with Gasteiger partial charge < -0.3 is 20.7 Å². The molecule has 0 atom stereocenters. The number of aromatic nitrogens is 10. The second-order valence-corrected chi connectivity index (χ2v) is 21.3. The number of rotatable bonds is 15. The van der Waals surface area contributed by atoms with Crippen molar-refractivity contribution in [3.05, 3.63) is 122 Å². The number of thiophene rings is 1. The summed E-state index contributed by atoms with van der Waals surface area (Å²) in [6.07, 6.45) is 5.66. The predicted molar refractivity (Wildman–Crippen MR) is 291 cm³/mol. The summed E-state index contributed by atoms with van der Waals surface area (Å²) in [4.78, 5) is 70.8. The fourth-order valence-corrected chi connectivity index (χ4v) is 11.8. The zero-order chi connectivity index (χ0) is 54.8. The minimum absolute atomic E-state index is 0.00635. The Morgan fingerprint density at radius 1 is 0.885 bits per heavy atom. The fourth-order valence-electron chi connectivity index (χ4n) is 10.5. The van der Waals surface area contributed by atoms with Gasteiger partial charge in [0.05, 0.1) is 49.4 Å². The van der Waals surface area contributed by atoms with E-state index in [0.717, 1.165) is 50.4 Å². The number of nitrogens with one attached hydrogen (secondary N) is 3. The van der Waals surface area contributed by atoms with Gasteiger partial charge >= 0.3 is 11.9 Å². The molecule has 9 heterocycles. The molecule has 0 saturated carbocycles. The molecule has 78 heavy (non-hydrogen) atoms. The lowest BCUT2D eigenvalue weighted by Gasteiger charge is -2.39. The van der Waals surface area contributed by atoms with Crippen LogP contribution in [0.15, 0.2) is 72.0 Å². The number of hydrogen-bond acceptors (Lipinski definition) is 14. The average molecular weight is 1100 g/mol. The number of aliphatic imine (C=N–C) groups is 1. The number of piperidine rings is 1. The Bertz CT molecular complexity index is 3660. The van der Waals surface area contributed by atoms with Gasteiger partial charge in [-0.2, -0.15) is 5.10 Å². The number of benzene rings is 3. The lowest BCUT2D eigenvalue weighted by molar-refractivity contribution is -0.142. The first-order valence-corrected chi connectivity index (χ1v) is 27.0. The van der Waals surface area contributed by atoms with E-state index < -0.39 is 11.8 Å². The molecule has 3 aromatic carbocycles. The average Bonchev–Trinajstić information content (AvgIpc) is 4.36. The number of fused-ring (bicyclic) bond motifs is 5. The van der Waals surface area contributed by atoms with Crippen LogP contribution < -0.4 is 20.5 Å². The van der Waals surface area contributed by atoms with Crippen LogP contribution in [0, 0.1) is 26.6 Å². The number of carbonyl (C=O) groups is 5. The molecular weight excluding hydrogens is 1040 g/mol. The number of ether oxygens (including phenoxy) is 1. The summed E-state index contributed by atoms with van der Waals surface area (Å²) in [6, 6.07) is 16.5. The van der Waals surface area contributed by atoms with Crippen LogP contribution in [0.2, 0.25) is 5.02 Å². The van der Waals surface area contributed by atoms with Crippen molar-refractivity contribution >= 4 is 80.1 Å². The topological polar surface area (TPSA) is 240 Å². The lowest BCUT2D eigenvalue weighted by atomic mass is 9.88. The lowest BCUT2D eigenvalue weighted by Crippen LogP contribution is -2.65. The van der Waals surface area contributed by atoms with Crippen LogP contribution >= 0.6 is 22.9 Å². The number of amides is 4. The van der Waals surface area contributed by atoms with Crippen molar-refractivity contribution in [3.63, 3.8) is 0 Å². The molecule has 4 amide bonds. The van der Waals surface area contributed by atoms with E-state index in [1.54, 1.807) is 39.3 Å². The van der Waals surface area contributed by atoms with E-state index in [-0.39, 0.29) is 66.6 Å². The Kier molecular flexibility index (Phi) is 15.4. The third-order valence-corrected chi connectivity index (χ3v) is 16.0. The molecule has 4 bridgehead atoms. The molecule has 0 spiro atoms. The number of methoxy groups -OCH3 is 1. The van der Waals surface area contributed by atoms with Crippen LogP contribution in [0.1, 0.15) is 96.0 Å². The SMILES string of the molecule is COC(=O)Cn1cc(CNC(=O)Cn2nc3c4c(cccc42)-c2cc4c(cnn4[N+]4(C(=O)CCC(=O)NCCCCNC(C)=O)CCC3CC4)cc2F)nn1.Cc1sc2c(c1C)C(c1ccc(Cl)cc1)=NCc1nnc(C)n1-2. The molecule has 404 valence electrons. The quantitative estimate of drug-likeness (QED) is 0.0591. The van der Waals surface area contributed by atoms with Crippen LogP contribution in [0.3, 0.4) is 0 Å². The molecule has 3 N–H and O–H groups in total. The molecule has 4 aliphatic rings. The molecule has 12 rings (SSSR count). The van der Waals surface area contributed by atoms with Gasteiger partial charge in [-0.05, 0) is 75.1 Å². The van der Waals surface area contributed by atoms with Crippen LogP contribution in [0.5, 0.6) is 0 Å². The zero-order valence-electron chi connectivity index (χ0n) is 43.8. The van der Waals surface area contributed by atoms with Crippen LogP contribution in [-0.4, -0.2) is 118 Å². The molecule has 5 aromatic heterocycles. The molecule has 24 heteroatoms. The number of nitrogens with zero attached hydrogens (tertiary/aromatic N) is 12. The van der Waals surface area contributed by atoms with Gasteiger partial charge in [0.1, 0.15) is 60.6 Å². The number of unbranched alkanes of at least 4 members (excludes halogenated alkanes) is 1. The van der Waals surface area contributed by atoms with Gasteiger partial charge in [-0.1, -0.05) is 45.9 Å². The molecule has 0 aliphatic carbocycles. The highest BCUT2D eigenvalue weighted by Crippen LogP contribution is 2.43. The minimum atomic E-state index is -0.476. The molecule has 4 aliphatic heterocycles. The van der Waals surface area contributed by atoms with Crippen LogP contribution in [-0.2, 0) is 54.9 Å². The van der Waals surface area contributed by atoms with Crippen molar-refractivity contribution in [2.24, 2.45) is 4.99 Å². The summed E-state index contributed by atoms with van der Waals surface area (Å²) in [5.74, 6) is -0.0801. The maximum atomic E-state index is 16.0. The number of hydrogen-bond donors (Lipinski definition) is 3. The number of aryl methyl sites for hydroxylation is 2. The van der Waals surface area contributed by atoms with Gasteiger partial charge in [0.15, 0.2) is 5.82 Å². The van der Waals surface area contributed by atoms with Gasteiger partial charge in [0, 0.05) is 82.6 Å². The Balaban J connectivity index is 0.000000247. The van der Waals surface area contributed by atoms with Crippen molar-refractivity contribution in [1.82, 2.24) is 70.0 Å². The molecule has 1 saturated heterocycles. The largest absolute Gasteiger partial charge is 0.468 e. The second-order valence-electron chi connectivity index (χ2n) is 19.6. The van der Waals surface area contributed by atoms with Gasteiger partial charge in [0.2, 0.25) is 17.7 Å². The number of halogens is 2. The molecule has 1 fully saturated rings. The number of carbonyl (C=O) groups excluding carboxylic acids is 5. The highest BCUT2D eigenvalue weighted by atomic mass is 35.5. The summed E-state index contributed by atoms with van der Waals surface area (Å²) in [5, 5.41) is 37.7. The number of quaternary nitrogens is 1. The molecule has 0 unspecified atom stereocenters. The summed E-state index contributed by atoms with van der Waals surface area (Å²) in [6.45, 7) is 9.86. The summed E-state index contributed by atoms with van der Waals surface area (Å²) >= 11 is 7.80. The second kappa shape index (κ2) is 22.5. The highest BCUT2D eigenvalue weighted by Gasteiger charge is 2.46. The third kappa shape index (κ3) is 10.7. The van der Waals surface area contributed by atoms with E-state index in [1.165, 1.54) is 40.8 Å². The van der Waals surface area contributed by atoms with Gasteiger partial charge in [0.25, 0.3) is 0 Å². The summed E-state index contributed by atoms with van der Waals surface area (Å²) in [7, 11) is 1.28. The first-order chi connectivity index (χ1) is 37.6.